The van der Waals surface area contributed by atoms with Crippen LogP contribution in [0.25, 0.3) is 0 Å². The Balaban J connectivity index is 3.00. The van der Waals surface area contributed by atoms with Crippen molar-refractivity contribution in [3.63, 3.8) is 0 Å². The molecule has 0 aliphatic carbocycles. The molecule has 15 heavy (non-hydrogen) atoms. The summed E-state index contributed by atoms with van der Waals surface area (Å²) >= 11 is 11.8. The first-order chi connectivity index (χ1) is 6.91. The van der Waals surface area contributed by atoms with Gasteiger partial charge < -0.3 is 16.8 Å². The number of nitrogens with one attached hydrogen (secondary N) is 1. The van der Waals surface area contributed by atoms with Gasteiger partial charge in [-0.25, -0.2) is 0 Å². The molecule has 1 aromatic rings. The van der Waals surface area contributed by atoms with E-state index in [2.05, 4.69) is 5.32 Å². The van der Waals surface area contributed by atoms with Gasteiger partial charge in [0.25, 0.3) is 0 Å². The van der Waals surface area contributed by atoms with E-state index < -0.39 is 11.9 Å². The normalized spacial score (nSPS) is 12.2. The summed E-state index contributed by atoms with van der Waals surface area (Å²) < 4.78 is 0. The van der Waals surface area contributed by atoms with E-state index in [4.69, 9.17) is 34.7 Å². The predicted octanol–water partition coefficient (Wildman–Crippen LogP) is 1.86. The van der Waals surface area contributed by atoms with E-state index in [-0.39, 0.29) is 0 Å². The number of nitrogen functional groups attached to an aromatic ring is 1. The number of rotatable bonds is 3. The maximum atomic E-state index is 10.8. The van der Waals surface area contributed by atoms with Crippen molar-refractivity contribution in [1.29, 1.82) is 0 Å². The minimum Gasteiger partial charge on any atom is -0.399 e. The van der Waals surface area contributed by atoms with Crippen molar-refractivity contribution in [2.45, 2.75) is 13.0 Å². The van der Waals surface area contributed by atoms with Crippen LogP contribution in [-0.4, -0.2) is 11.9 Å². The van der Waals surface area contributed by atoms with E-state index in [0.29, 0.717) is 21.4 Å². The van der Waals surface area contributed by atoms with Gasteiger partial charge in [-0.1, -0.05) is 23.2 Å². The van der Waals surface area contributed by atoms with E-state index in [1.54, 1.807) is 19.1 Å². The molecule has 6 heteroatoms. The highest BCUT2D eigenvalue weighted by atomic mass is 35.5. The van der Waals surface area contributed by atoms with Gasteiger partial charge >= 0.3 is 0 Å². The van der Waals surface area contributed by atoms with E-state index in [1.807, 2.05) is 0 Å². The zero-order valence-corrected chi connectivity index (χ0v) is 9.56. The van der Waals surface area contributed by atoms with Crippen molar-refractivity contribution in [3.05, 3.63) is 22.2 Å². The van der Waals surface area contributed by atoms with Crippen LogP contribution in [0.3, 0.4) is 0 Å². The third-order valence-corrected chi connectivity index (χ3v) is 2.45. The molecule has 0 aromatic heterocycles. The first-order valence-corrected chi connectivity index (χ1v) is 4.97. The zero-order valence-electron chi connectivity index (χ0n) is 8.05. The Bertz CT molecular complexity index is 372. The lowest BCUT2D eigenvalue weighted by Crippen LogP contribution is -2.32. The van der Waals surface area contributed by atoms with Crippen LogP contribution >= 0.6 is 23.2 Å². The first-order valence-electron chi connectivity index (χ1n) is 4.22. The van der Waals surface area contributed by atoms with Gasteiger partial charge in [-0.15, -0.1) is 0 Å². The van der Waals surface area contributed by atoms with E-state index in [9.17, 15) is 4.79 Å². The summed E-state index contributed by atoms with van der Waals surface area (Å²) in [4.78, 5) is 10.8. The van der Waals surface area contributed by atoms with Crippen LogP contribution in [0.4, 0.5) is 11.4 Å². The number of carbonyl (C=O) groups excluding carboxylic acids is 1. The lowest BCUT2D eigenvalue weighted by Gasteiger charge is -2.14. The van der Waals surface area contributed by atoms with Crippen molar-refractivity contribution in [1.82, 2.24) is 0 Å². The SMILES string of the molecule is CC(Nc1c(Cl)cc(N)cc1Cl)C(N)=O. The summed E-state index contributed by atoms with van der Waals surface area (Å²) in [5, 5.41) is 3.52. The van der Waals surface area contributed by atoms with Crippen LogP contribution in [0.1, 0.15) is 6.92 Å². The second-order valence-electron chi connectivity index (χ2n) is 3.13. The van der Waals surface area contributed by atoms with E-state index in [0.717, 1.165) is 0 Å². The van der Waals surface area contributed by atoms with Crippen LogP contribution in [0, 0.1) is 0 Å². The molecular formula is C9H11Cl2N3O. The lowest BCUT2D eigenvalue weighted by atomic mass is 10.2. The van der Waals surface area contributed by atoms with Crippen LogP contribution in [0.2, 0.25) is 10.0 Å². The summed E-state index contributed by atoms with van der Waals surface area (Å²) in [5.41, 5.74) is 11.5. The van der Waals surface area contributed by atoms with Gasteiger partial charge in [0.15, 0.2) is 0 Å². The number of halogens is 2. The fourth-order valence-corrected chi connectivity index (χ4v) is 1.63. The zero-order chi connectivity index (χ0) is 11.6. The Labute approximate surface area is 97.5 Å². The predicted molar refractivity (Wildman–Crippen MR) is 63.2 cm³/mol. The quantitative estimate of drug-likeness (QED) is 0.714. The molecule has 0 radical (unpaired) electrons. The number of anilines is 2. The van der Waals surface area contributed by atoms with Crippen molar-refractivity contribution in [2.75, 3.05) is 11.1 Å². The molecule has 4 nitrogen and oxygen atoms in total. The number of hydrogen-bond acceptors (Lipinski definition) is 3. The molecular weight excluding hydrogens is 237 g/mol. The fourth-order valence-electron chi connectivity index (χ4n) is 1.02. The highest BCUT2D eigenvalue weighted by molar-refractivity contribution is 6.39. The standard InChI is InChI=1S/C9H11Cl2N3O/c1-4(9(13)15)14-8-6(10)2-5(12)3-7(8)11/h2-4,14H,12H2,1H3,(H2,13,15). The molecule has 82 valence electrons. The van der Waals surface area contributed by atoms with E-state index in [1.165, 1.54) is 0 Å². The molecule has 1 atom stereocenters. The smallest absolute Gasteiger partial charge is 0.239 e. The number of amides is 1. The van der Waals surface area contributed by atoms with Crippen LogP contribution in [-0.2, 0) is 4.79 Å². The van der Waals surface area contributed by atoms with Gasteiger partial charge in [0.2, 0.25) is 5.91 Å². The number of hydrogen-bond donors (Lipinski definition) is 3. The first kappa shape index (κ1) is 11.9. The number of primary amides is 1. The summed E-state index contributed by atoms with van der Waals surface area (Å²) in [6, 6.07) is 2.54. The molecule has 0 fully saturated rings. The maximum absolute atomic E-state index is 10.8. The van der Waals surface area contributed by atoms with Crippen LogP contribution < -0.4 is 16.8 Å². The molecule has 1 unspecified atom stereocenters. The molecule has 1 rings (SSSR count). The van der Waals surface area contributed by atoms with Crippen molar-refractivity contribution in [2.24, 2.45) is 5.73 Å². The summed E-state index contributed by atoms with van der Waals surface area (Å²) in [6.45, 7) is 1.62. The molecule has 0 heterocycles. The Morgan fingerprint density at radius 2 is 1.87 bits per heavy atom. The van der Waals surface area contributed by atoms with E-state index >= 15 is 0 Å². The van der Waals surface area contributed by atoms with Crippen molar-refractivity contribution in [3.8, 4) is 0 Å². The number of carbonyl (C=O) groups is 1. The Morgan fingerprint density at radius 1 is 1.40 bits per heavy atom. The second kappa shape index (κ2) is 4.59. The molecule has 0 saturated carbocycles. The van der Waals surface area contributed by atoms with Gasteiger partial charge in [0.05, 0.1) is 15.7 Å². The van der Waals surface area contributed by atoms with Gasteiger partial charge in [-0.3, -0.25) is 4.79 Å². The molecule has 0 saturated heterocycles. The average molecular weight is 248 g/mol. The summed E-state index contributed by atoms with van der Waals surface area (Å²) in [7, 11) is 0. The number of nitrogens with two attached hydrogens (primary N) is 2. The fraction of sp³-hybridized carbons (Fsp3) is 0.222. The molecule has 1 aromatic carbocycles. The molecule has 0 spiro atoms. The second-order valence-corrected chi connectivity index (χ2v) is 3.94. The van der Waals surface area contributed by atoms with Crippen LogP contribution in [0.15, 0.2) is 12.1 Å². The molecule has 0 aliphatic heterocycles. The molecule has 0 aliphatic rings. The minimum absolute atomic E-state index is 0.355. The van der Waals surface area contributed by atoms with Crippen molar-refractivity contribution >= 4 is 40.5 Å². The third kappa shape index (κ3) is 2.91. The Kier molecular flexibility index (Phi) is 3.66. The highest BCUT2D eigenvalue weighted by Gasteiger charge is 2.13. The molecule has 1 amide bonds. The minimum atomic E-state index is -0.552. The summed E-state index contributed by atoms with van der Waals surface area (Å²) in [6.07, 6.45) is 0. The molecule has 0 bridgehead atoms. The topological polar surface area (TPSA) is 81.1 Å². The Morgan fingerprint density at radius 3 is 2.27 bits per heavy atom. The summed E-state index contributed by atoms with van der Waals surface area (Å²) in [5.74, 6) is -0.487. The highest BCUT2D eigenvalue weighted by Crippen LogP contribution is 2.33. The number of benzene rings is 1. The largest absolute Gasteiger partial charge is 0.399 e. The Hall–Kier alpha value is -1.13. The van der Waals surface area contributed by atoms with Gasteiger partial charge in [-0.2, -0.15) is 0 Å². The van der Waals surface area contributed by atoms with Gasteiger partial charge in [0, 0.05) is 5.69 Å². The van der Waals surface area contributed by atoms with Gasteiger partial charge in [-0.05, 0) is 19.1 Å². The van der Waals surface area contributed by atoms with Crippen molar-refractivity contribution < 1.29 is 4.79 Å². The maximum Gasteiger partial charge on any atom is 0.239 e. The van der Waals surface area contributed by atoms with Gasteiger partial charge in [0.1, 0.15) is 6.04 Å². The molecule has 5 N–H and O–H groups in total. The lowest BCUT2D eigenvalue weighted by molar-refractivity contribution is -0.118. The monoisotopic (exact) mass is 247 g/mol. The third-order valence-electron chi connectivity index (χ3n) is 1.85. The van der Waals surface area contributed by atoms with Crippen LogP contribution in [0.5, 0.6) is 0 Å². The average Bonchev–Trinajstić information content (AvgIpc) is 2.10.